The van der Waals surface area contributed by atoms with Crippen LogP contribution in [0.3, 0.4) is 0 Å². The number of rotatable bonds is 9. The Morgan fingerprint density at radius 2 is 1.71 bits per heavy atom. The average Bonchev–Trinajstić information content (AvgIpc) is 3.73. The van der Waals surface area contributed by atoms with Gasteiger partial charge in [0.2, 0.25) is 0 Å². The summed E-state index contributed by atoms with van der Waals surface area (Å²) in [5.41, 5.74) is 6.97. The normalized spacial score (nSPS) is 15.5. The van der Waals surface area contributed by atoms with E-state index in [0.29, 0.717) is 12.1 Å². The number of H-pyrrole nitrogens is 1. The molecule has 0 radical (unpaired) electrons. The molecular formula is C35H36N4O3. The van der Waals surface area contributed by atoms with Crippen molar-refractivity contribution in [3.63, 3.8) is 0 Å². The number of imidazole rings is 1. The lowest BCUT2D eigenvalue weighted by molar-refractivity contribution is -0.134. The van der Waals surface area contributed by atoms with Gasteiger partial charge in [-0.05, 0) is 52.7 Å². The van der Waals surface area contributed by atoms with Crippen LogP contribution in [0.2, 0.25) is 0 Å². The van der Waals surface area contributed by atoms with E-state index in [1.807, 2.05) is 36.5 Å². The first-order valence-corrected chi connectivity index (χ1v) is 14.3. The van der Waals surface area contributed by atoms with E-state index in [1.165, 1.54) is 7.11 Å². The van der Waals surface area contributed by atoms with Crippen LogP contribution in [-0.2, 0) is 9.53 Å². The second kappa shape index (κ2) is 13.2. The fraction of sp³-hybridized carbons (Fsp3) is 0.229. The quantitative estimate of drug-likeness (QED) is 0.208. The van der Waals surface area contributed by atoms with Gasteiger partial charge in [-0.25, -0.2) is 9.78 Å². The molecule has 1 aliphatic rings. The lowest BCUT2D eigenvalue weighted by Crippen LogP contribution is -2.42. The summed E-state index contributed by atoms with van der Waals surface area (Å²) in [5, 5.41) is 2.71. The maximum absolute atomic E-state index is 13.7. The van der Waals surface area contributed by atoms with Crippen molar-refractivity contribution < 1.29 is 14.3 Å². The maximum Gasteiger partial charge on any atom is 0.407 e. The summed E-state index contributed by atoms with van der Waals surface area (Å²) in [6, 6.07) is 25.0. The summed E-state index contributed by atoms with van der Waals surface area (Å²) in [5.74, 6) is 0.546. The molecule has 2 atom stereocenters. The van der Waals surface area contributed by atoms with E-state index in [9.17, 15) is 9.59 Å². The molecule has 1 aliphatic heterocycles. The van der Waals surface area contributed by atoms with Crippen molar-refractivity contribution in [3.05, 3.63) is 121 Å². The van der Waals surface area contributed by atoms with Crippen molar-refractivity contribution in [2.75, 3.05) is 13.7 Å². The first-order chi connectivity index (χ1) is 20.5. The number of carbonyl (C=O) groups is 2. The highest BCUT2D eigenvalue weighted by molar-refractivity contribution is 5.87. The van der Waals surface area contributed by atoms with Gasteiger partial charge in [0, 0.05) is 6.54 Å². The minimum Gasteiger partial charge on any atom is -0.453 e. The number of likely N-dealkylation sites (tertiary alicyclic amines) is 1. The highest BCUT2D eigenvalue weighted by Crippen LogP contribution is 2.34. The number of alkyl carbamates (subject to hydrolysis) is 1. The topological polar surface area (TPSA) is 87.3 Å². The fourth-order valence-corrected chi connectivity index (χ4v) is 5.32. The standard InChI is InChI=1S/C35H36N4O3/c1-4-5-10-24(2)25-14-16-26(17-15-25)27-18-20-28(21-19-27)30-23-36-33(37-30)31-13-9-22-39(31)34(40)32(38-35(41)42-3)29-11-7-6-8-12-29/h5-8,10-12,14-21,23,31-32H,2,4,9,13,22H2,1,3H3,(H,36,37)(H,38,41)/b10-5-/t31-,32+/m0/s1. The highest BCUT2D eigenvalue weighted by atomic mass is 16.5. The zero-order valence-electron chi connectivity index (χ0n) is 24.0. The molecule has 7 heteroatoms. The molecule has 5 rings (SSSR count). The van der Waals surface area contributed by atoms with Crippen LogP contribution in [0.4, 0.5) is 4.79 Å². The molecule has 2 amide bonds. The Kier molecular flexibility index (Phi) is 8.97. The Bertz CT molecular complexity index is 1560. The van der Waals surface area contributed by atoms with Crippen LogP contribution in [0.5, 0.6) is 0 Å². The third kappa shape index (κ3) is 6.36. The predicted molar refractivity (Wildman–Crippen MR) is 166 cm³/mol. The van der Waals surface area contributed by atoms with Gasteiger partial charge < -0.3 is 19.9 Å². The maximum atomic E-state index is 13.7. The molecule has 0 spiro atoms. The monoisotopic (exact) mass is 560 g/mol. The molecular weight excluding hydrogens is 524 g/mol. The van der Waals surface area contributed by atoms with Crippen molar-refractivity contribution in [2.24, 2.45) is 0 Å². The average molecular weight is 561 g/mol. The largest absolute Gasteiger partial charge is 0.453 e. The molecule has 0 unspecified atom stereocenters. The van der Waals surface area contributed by atoms with Gasteiger partial charge in [0.05, 0.1) is 25.0 Å². The van der Waals surface area contributed by atoms with E-state index >= 15 is 0 Å². The molecule has 42 heavy (non-hydrogen) atoms. The van der Waals surface area contributed by atoms with Gasteiger partial charge >= 0.3 is 6.09 Å². The Labute approximate surface area is 247 Å². The number of hydrogen-bond acceptors (Lipinski definition) is 4. The number of allylic oxidation sites excluding steroid dienone is 3. The summed E-state index contributed by atoms with van der Waals surface area (Å²) in [6.07, 6.45) is 7.96. The van der Waals surface area contributed by atoms with Gasteiger partial charge in [-0.15, -0.1) is 0 Å². The number of ether oxygens (including phenoxy) is 1. The third-order valence-corrected chi connectivity index (χ3v) is 7.61. The second-order valence-corrected chi connectivity index (χ2v) is 10.3. The van der Waals surface area contributed by atoms with Gasteiger partial charge in [-0.3, -0.25) is 4.79 Å². The molecule has 7 nitrogen and oxygen atoms in total. The minimum absolute atomic E-state index is 0.188. The SMILES string of the molecule is C=C(/C=C\CC)c1ccc(-c2ccc(-c3cnc([C@@H]4CCCN4C(=O)[C@H](NC(=O)OC)c4ccccc4)[nH]3)cc2)cc1. The van der Waals surface area contributed by atoms with Crippen molar-refractivity contribution in [3.8, 4) is 22.4 Å². The van der Waals surface area contributed by atoms with Gasteiger partial charge in [0.15, 0.2) is 0 Å². The van der Waals surface area contributed by atoms with Crippen molar-refractivity contribution >= 4 is 17.6 Å². The van der Waals surface area contributed by atoms with E-state index in [4.69, 9.17) is 4.74 Å². The highest BCUT2D eigenvalue weighted by Gasteiger charge is 2.37. The number of nitrogens with one attached hydrogen (secondary N) is 2. The number of aromatic amines is 1. The van der Waals surface area contributed by atoms with Crippen molar-refractivity contribution in [1.82, 2.24) is 20.2 Å². The molecule has 2 N–H and O–H groups in total. The summed E-state index contributed by atoms with van der Waals surface area (Å²) in [7, 11) is 1.29. The molecule has 1 saturated heterocycles. The van der Waals surface area contributed by atoms with E-state index < -0.39 is 12.1 Å². The first kappa shape index (κ1) is 28.6. The van der Waals surface area contributed by atoms with Crippen molar-refractivity contribution in [1.29, 1.82) is 0 Å². The molecule has 4 aromatic rings. The minimum atomic E-state index is -0.846. The number of benzene rings is 3. The van der Waals surface area contributed by atoms with Crippen LogP contribution in [0, 0.1) is 0 Å². The van der Waals surface area contributed by atoms with E-state index in [2.05, 4.69) is 89.5 Å². The number of hydrogen-bond donors (Lipinski definition) is 2. The number of carbonyl (C=O) groups excluding carboxylic acids is 2. The molecule has 0 bridgehead atoms. The number of amides is 2. The fourth-order valence-electron chi connectivity index (χ4n) is 5.32. The van der Waals surface area contributed by atoms with Crippen LogP contribution in [0.25, 0.3) is 28.0 Å². The predicted octanol–water partition coefficient (Wildman–Crippen LogP) is 7.48. The Balaban J connectivity index is 1.31. The molecule has 0 saturated carbocycles. The van der Waals surface area contributed by atoms with Gasteiger partial charge in [-0.2, -0.15) is 0 Å². The zero-order chi connectivity index (χ0) is 29.5. The van der Waals surface area contributed by atoms with Crippen molar-refractivity contribution in [2.45, 2.75) is 38.3 Å². The lowest BCUT2D eigenvalue weighted by atomic mass is 9.99. The third-order valence-electron chi connectivity index (χ3n) is 7.61. The number of methoxy groups -OCH3 is 1. The summed E-state index contributed by atoms with van der Waals surface area (Å²) >= 11 is 0. The molecule has 3 aromatic carbocycles. The summed E-state index contributed by atoms with van der Waals surface area (Å²) in [4.78, 5) is 35.7. The van der Waals surface area contributed by atoms with E-state index in [-0.39, 0.29) is 11.9 Å². The Morgan fingerprint density at radius 1 is 1.05 bits per heavy atom. The van der Waals surface area contributed by atoms with Crippen LogP contribution in [0.1, 0.15) is 55.2 Å². The molecule has 2 heterocycles. The van der Waals surface area contributed by atoms with Gasteiger partial charge in [0.25, 0.3) is 5.91 Å². The molecule has 1 aromatic heterocycles. The second-order valence-electron chi connectivity index (χ2n) is 10.3. The number of aromatic nitrogens is 2. The van der Waals surface area contributed by atoms with Crippen LogP contribution < -0.4 is 5.32 Å². The van der Waals surface area contributed by atoms with Crippen LogP contribution in [0.15, 0.2) is 104 Å². The Morgan fingerprint density at radius 3 is 2.38 bits per heavy atom. The molecule has 0 aliphatic carbocycles. The zero-order valence-corrected chi connectivity index (χ0v) is 24.0. The summed E-state index contributed by atoms with van der Waals surface area (Å²) < 4.78 is 4.80. The number of nitrogens with zero attached hydrogens (tertiary/aromatic N) is 2. The van der Waals surface area contributed by atoms with E-state index in [1.54, 1.807) is 4.90 Å². The van der Waals surface area contributed by atoms with Crippen LogP contribution >= 0.6 is 0 Å². The first-order valence-electron chi connectivity index (χ1n) is 14.3. The smallest absolute Gasteiger partial charge is 0.407 e. The molecule has 214 valence electrons. The Hall–Kier alpha value is -4.91. The summed E-state index contributed by atoms with van der Waals surface area (Å²) in [6.45, 7) is 6.85. The van der Waals surface area contributed by atoms with Gasteiger partial charge in [0.1, 0.15) is 11.9 Å². The van der Waals surface area contributed by atoms with Gasteiger partial charge in [-0.1, -0.05) is 105 Å². The van der Waals surface area contributed by atoms with E-state index in [0.717, 1.165) is 58.6 Å². The molecule has 1 fully saturated rings. The lowest BCUT2D eigenvalue weighted by Gasteiger charge is -2.28. The van der Waals surface area contributed by atoms with Crippen LogP contribution in [-0.4, -0.2) is 40.5 Å².